The van der Waals surface area contributed by atoms with Gasteiger partial charge in [-0.15, -0.1) is 0 Å². The van der Waals surface area contributed by atoms with E-state index < -0.39 is 40.9 Å². The molecule has 0 heterocycles. The molecule has 1 aliphatic rings. The van der Waals surface area contributed by atoms with Gasteiger partial charge in [-0.2, -0.15) is 13.2 Å². The van der Waals surface area contributed by atoms with Crippen LogP contribution in [0.2, 0.25) is 0 Å². The van der Waals surface area contributed by atoms with Crippen LogP contribution >= 0.6 is 0 Å². The van der Waals surface area contributed by atoms with Crippen molar-refractivity contribution in [1.82, 2.24) is 0 Å². The molecule has 0 bridgehead atoms. The predicted molar refractivity (Wildman–Crippen MR) is 107 cm³/mol. The van der Waals surface area contributed by atoms with E-state index in [4.69, 9.17) is 0 Å². The lowest BCUT2D eigenvalue weighted by Crippen LogP contribution is -2.13. The van der Waals surface area contributed by atoms with Gasteiger partial charge in [-0.1, -0.05) is 44.0 Å². The van der Waals surface area contributed by atoms with Gasteiger partial charge in [0.1, 0.15) is 17.5 Å². The average molecular weight is 442 g/mol. The molecular formula is C24H21F7. The first-order valence-electron chi connectivity index (χ1n) is 9.96. The highest BCUT2D eigenvalue weighted by Gasteiger charge is 2.25. The summed E-state index contributed by atoms with van der Waals surface area (Å²) in [4.78, 5) is 0. The Morgan fingerprint density at radius 1 is 0.871 bits per heavy atom. The highest BCUT2D eigenvalue weighted by atomic mass is 19.4. The van der Waals surface area contributed by atoms with E-state index in [0.29, 0.717) is 30.4 Å². The Labute approximate surface area is 176 Å². The number of benzene rings is 2. The van der Waals surface area contributed by atoms with Crippen LogP contribution in [0.4, 0.5) is 30.7 Å². The van der Waals surface area contributed by atoms with Crippen LogP contribution in [0.25, 0.3) is 23.0 Å². The Morgan fingerprint density at radius 2 is 1.42 bits per heavy atom. The van der Waals surface area contributed by atoms with Gasteiger partial charge >= 0.3 is 6.18 Å². The third kappa shape index (κ3) is 5.77. The van der Waals surface area contributed by atoms with Gasteiger partial charge in [-0.05, 0) is 48.1 Å². The van der Waals surface area contributed by atoms with Crippen molar-refractivity contribution in [3.05, 3.63) is 71.1 Å². The van der Waals surface area contributed by atoms with E-state index in [1.165, 1.54) is 24.3 Å². The van der Waals surface area contributed by atoms with Crippen LogP contribution in [0.1, 0.15) is 43.7 Å². The number of hydrogen-bond acceptors (Lipinski definition) is 0. The number of allylic oxidation sites excluding steroid dienone is 2. The van der Waals surface area contributed by atoms with Crippen molar-refractivity contribution in [2.24, 2.45) is 11.8 Å². The van der Waals surface area contributed by atoms with E-state index in [-0.39, 0.29) is 17.2 Å². The van der Waals surface area contributed by atoms with Crippen LogP contribution < -0.4 is 0 Å². The molecule has 0 saturated heterocycles. The molecule has 0 aromatic heterocycles. The quantitative estimate of drug-likeness (QED) is 0.416. The molecule has 0 N–H and O–H groups in total. The second-order valence-corrected chi connectivity index (χ2v) is 7.92. The lowest BCUT2D eigenvalue weighted by atomic mass is 9.82. The van der Waals surface area contributed by atoms with Gasteiger partial charge in [-0.3, -0.25) is 0 Å². The third-order valence-electron chi connectivity index (χ3n) is 5.57. The van der Waals surface area contributed by atoms with E-state index in [9.17, 15) is 30.7 Å². The second kappa shape index (κ2) is 9.28. The maximum Gasteiger partial charge on any atom is 0.409 e. The highest BCUT2D eigenvalue weighted by molar-refractivity contribution is 5.70. The van der Waals surface area contributed by atoms with Crippen molar-refractivity contribution in [2.75, 3.05) is 0 Å². The zero-order valence-electron chi connectivity index (χ0n) is 16.7. The first-order valence-corrected chi connectivity index (χ1v) is 9.96. The summed E-state index contributed by atoms with van der Waals surface area (Å²) in [5, 5.41) is 0. The molecule has 7 heteroatoms. The Hall–Kier alpha value is -2.57. The van der Waals surface area contributed by atoms with Crippen molar-refractivity contribution in [3.8, 4) is 11.1 Å². The van der Waals surface area contributed by atoms with Gasteiger partial charge in [0.15, 0.2) is 5.83 Å². The number of alkyl halides is 3. The van der Waals surface area contributed by atoms with Crippen LogP contribution in [-0.2, 0) is 0 Å². The van der Waals surface area contributed by atoms with Crippen LogP contribution in [-0.4, -0.2) is 6.18 Å². The fraction of sp³-hybridized carbons (Fsp3) is 0.333. The van der Waals surface area contributed by atoms with E-state index in [1.807, 2.05) is 0 Å². The predicted octanol–water partition coefficient (Wildman–Crippen LogP) is 8.64. The summed E-state index contributed by atoms with van der Waals surface area (Å²) in [5.74, 6) is -4.00. The summed E-state index contributed by atoms with van der Waals surface area (Å²) in [6.07, 6.45) is -1.76. The Bertz CT molecular complexity index is 953. The molecule has 166 valence electrons. The molecular weight excluding hydrogens is 421 g/mol. The van der Waals surface area contributed by atoms with Crippen molar-refractivity contribution in [1.29, 1.82) is 0 Å². The molecule has 1 aliphatic carbocycles. The minimum absolute atomic E-state index is 0.0190. The van der Waals surface area contributed by atoms with Gasteiger partial charge in [-0.25, -0.2) is 17.6 Å². The maximum absolute atomic E-state index is 14.6. The molecule has 1 fully saturated rings. The lowest BCUT2D eigenvalue weighted by Gasteiger charge is -2.25. The van der Waals surface area contributed by atoms with E-state index >= 15 is 0 Å². The first kappa shape index (κ1) is 23.1. The molecule has 31 heavy (non-hydrogen) atoms. The number of hydrogen-bond donors (Lipinski definition) is 0. The van der Waals surface area contributed by atoms with Crippen LogP contribution in [0, 0.1) is 23.5 Å². The fourth-order valence-corrected chi connectivity index (χ4v) is 3.73. The molecule has 3 rings (SSSR count). The molecule has 0 unspecified atom stereocenters. The van der Waals surface area contributed by atoms with Crippen LogP contribution in [0.3, 0.4) is 0 Å². The third-order valence-corrected chi connectivity index (χ3v) is 5.57. The Balaban J connectivity index is 1.83. The molecule has 2 aromatic rings. The van der Waals surface area contributed by atoms with Gasteiger partial charge in [0.25, 0.3) is 0 Å². The maximum atomic E-state index is 14.6. The molecule has 0 nitrogen and oxygen atoms in total. The summed E-state index contributed by atoms with van der Waals surface area (Å²) in [7, 11) is 0. The highest BCUT2D eigenvalue weighted by Crippen LogP contribution is 2.38. The smallest absolute Gasteiger partial charge is 0.208 e. The summed E-state index contributed by atoms with van der Waals surface area (Å²) < 4.78 is 94.2. The Kier molecular flexibility index (Phi) is 6.92. The Morgan fingerprint density at radius 3 is 1.94 bits per heavy atom. The summed E-state index contributed by atoms with van der Waals surface area (Å²) in [5.41, 5.74) is -0.412. The van der Waals surface area contributed by atoms with Crippen molar-refractivity contribution >= 4 is 11.9 Å². The van der Waals surface area contributed by atoms with E-state index in [0.717, 1.165) is 25.0 Å². The summed E-state index contributed by atoms with van der Waals surface area (Å²) in [6.45, 7) is 2.08. The van der Waals surface area contributed by atoms with Crippen molar-refractivity contribution in [2.45, 2.75) is 38.8 Å². The summed E-state index contributed by atoms with van der Waals surface area (Å²) >= 11 is 0. The minimum Gasteiger partial charge on any atom is -0.208 e. The largest absolute Gasteiger partial charge is 0.409 e. The topological polar surface area (TPSA) is 0 Å². The SMILES string of the molecule is CC1CCC(/C(F)=C(\F)c2ccc(-c3cc(F)c(/C=C/C(F)(F)F)c(F)c3)cc2)CC1. The van der Waals surface area contributed by atoms with E-state index in [2.05, 4.69) is 6.92 Å². The first-order chi connectivity index (χ1) is 14.5. The van der Waals surface area contributed by atoms with Gasteiger partial charge in [0.2, 0.25) is 0 Å². The zero-order chi connectivity index (χ0) is 22.8. The van der Waals surface area contributed by atoms with Crippen LogP contribution in [0.5, 0.6) is 0 Å². The van der Waals surface area contributed by atoms with E-state index in [1.54, 1.807) is 0 Å². The van der Waals surface area contributed by atoms with Gasteiger partial charge in [0.05, 0.1) is 0 Å². The van der Waals surface area contributed by atoms with Gasteiger partial charge in [0, 0.05) is 23.1 Å². The molecule has 0 spiro atoms. The molecule has 2 aromatic carbocycles. The van der Waals surface area contributed by atoms with Crippen molar-refractivity contribution < 1.29 is 30.7 Å². The lowest BCUT2D eigenvalue weighted by molar-refractivity contribution is -0.0790. The summed E-state index contributed by atoms with van der Waals surface area (Å²) in [6, 6.07) is 7.16. The fourth-order valence-electron chi connectivity index (χ4n) is 3.73. The molecule has 0 aliphatic heterocycles. The van der Waals surface area contributed by atoms with Gasteiger partial charge < -0.3 is 0 Å². The monoisotopic (exact) mass is 442 g/mol. The molecule has 0 atom stereocenters. The molecule has 0 amide bonds. The average Bonchev–Trinajstić information content (AvgIpc) is 2.72. The number of rotatable bonds is 4. The van der Waals surface area contributed by atoms with Crippen LogP contribution in [0.15, 0.2) is 48.3 Å². The second-order valence-electron chi connectivity index (χ2n) is 7.92. The number of halogens is 7. The van der Waals surface area contributed by atoms with Crippen molar-refractivity contribution in [3.63, 3.8) is 0 Å². The molecule has 1 saturated carbocycles. The normalized spacial score (nSPS) is 20.8. The zero-order valence-corrected chi connectivity index (χ0v) is 16.7. The molecule has 0 radical (unpaired) electrons. The minimum atomic E-state index is -4.70. The standard InChI is InChI=1S/C24H21F7/c1-14-2-4-16(5-3-14)22(27)23(28)17-8-6-15(7-9-17)18-12-20(25)19(21(26)13-18)10-11-24(29,30)31/h6-14,16H,2-5H2,1H3/b11-10+,23-22+.